The molecule has 0 aliphatic heterocycles. The number of nitrogens with zero attached hydrogens (tertiary/aromatic N) is 2. The van der Waals surface area contributed by atoms with Crippen LogP contribution in [0.15, 0.2) is 66.7 Å². The summed E-state index contributed by atoms with van der Waals surface area (Å²) in [7, 11) is 1.67. The summed E-state index contributed by atoms with van der Waals surface area (Å²) in [5.74, 6) is -0.345. The van der Waals surface area contributed by atoms with Gasteiger partial charge in [-0.05, 0) is 61.6 Å². The molecule has 1 N–H and O–H groups in total. The van der Waals surface area contributed by atoms with Crippen LogP contribution < -0.4 is 5.32 Å². The number of carbonyl (C=O) groups excluding carboxylic acids is 2. The number of amides is 2. The topological polar surface area (TPSA) is 62.3 Å². The van der Waals surface area contributed by atoms with E-state index in [1.165, 1.54) is 4.90 Å². The van der Waals surface area contributed by atoms with Gasteiger partial charge in [-0.15, -0.1) is 0 Å². The number of aryl methyl sites for hydroxylation is 4. The van der Waals surface area contributed by atoms with Crippen molar-refractivity contribution in [1.29, 1.82) is 0 Å². The van der Waals surface area contributed by atoms with E-state index in [1.54, 1.807) is 7.05 Å². The Labute approximate surface area is 206 Å². The summed E-state index contributed by atoms with van der Waals surface area (Å²) in [6.07, 6.45) is 0.167. The minimum Gasteiger partial charge on any atom is -0.336 e. The fraction of sp³-hybridized carbons (Fsp3) is 0.233. The van der Waals surface area contributed by atoms with Crippen LogP contribution in [0, 0.1) is 27.7 Å². The standard InChI is InChI=1S/C30H31N3O2/c1-19-15-20(2)30(21(3)16-19)32-27(34)18-33(5)28(35)17-25-22(4)31-26-14-10-9-13-24(26)29(25)23-11-7-6-8-12-23/h6-16H,17-18H2,1-5H3,(H,32,34). The van der Waals surface area contributed by atoms with Gasteiger partial charge >= 0.3 is 0 Å². The van der Waals surface area contributed by atoms with Gasteiger partial charge in [0.2, 0.25) is 11.8 Å². The predicted octanol–water partition coefficient (Wildman–Crippen LogP) is 5.78. The Bertz CT molecular complexity index is 1390. The lowest BCUT2D eigenvalue weighted by molar-refractivity contribution is -0.132. The number of nitrogens with one attached hydrogen (secondary N) is 1. The normalized spacial score (nSPS) is 10.9. The number of pyridine rings is 1. The van der Waals surface area contributed by atoms with Gasteiger partial charge in [0.15, 0.2) is 0 Å². The zero-order valence-corrected chi connectivity index (χ0v) is 21.0. The van der Waals surface area contributed by atoms with Crippen LogP contribution in [0.4, 0.5) is 5.69 Å². The molecule has 4 rings (SSSR count). The van der Waals surface area contributed by atoms with E-state index in [4.69, 9.17) is 4.98 Å². The Morgan fingerprint density at radius 3 is 2.20 bits per heavy atom. The van der Waals surface area contributed by atoms with Crippen molar-refractivity contribution in [2.45, 2.75) is 34.1 Å². The summed E-state index contributed by atoms with van der Waals surface area (Å²) >= 11 is 0. The lowest BCUT2D eigenvalue weighted by atomic mass is 9.92. The second-order valence-corrected chi connectivity index (χ2v) is 9.18. The van der Waals surface area contributed by atoms with E-state index in [-0.39, 0.29) is 24.8 Å². The first-order valence-electron chi connectivity index (χ1n) is 11.8. The first kappa shape index (κ1) is 24.1. The fourth-order valence-corrected chi connectivity index (χ4v) is 4.67. The van der Waals surface area contributed by atoms with Crippen LogP contribution >= 0.6 is 0 Å². The molecule has 1 aromatic heterocycles. The summed E-state index contributed by atoms with van der Waals surface area (Å²) in [5, 5.41) is 3.99. The molecule has 0 atom stereocenters. The van der Waals surface area contributed by atoms with Crippen molar-refractivity contribution in [3.05, 3.63) is 94.7 Å². The van der Waals surface area contributed by atoms with E-state index in [2.05, 4.69) is 17.4 Å². The van der Waals surface area contributed by atoms with Crippen molar-refractivity contribution in [3.8, 4) is 11.1 Å². The van der Waals surface area contributed by atoms with Gasteiger partial charge in [0, 0.05) is 23.8 Å². The average Bonchev–Trinajstić information content (AvgIpc) is 2.82. The van der Waals surface area contributed by atoms with Crippen LogP contribution in [0.2, 0.25) is 0 Å². The van der Waals surface area contributed by atoms with Gasteiger partial charge < -0.3 is 10.2 Å². The number of carbonyl (C=O) groups is 2. The first-order valence-corrected chi connectivity index (χ1v) is 11.8. The molecular formula is C30H31N3O2. The molecule has 0 spiro atoms. The van der Waals surface area contributed by atoms with Gasteiger partial charge in [0.1, 0.15) is 0 Å². The minimum absolute atomic E-state index is 0.0215. The molecule has 5 nitrogen and oxygen atoms in total. The van der Waals surface area contributed by atoms with Gasteiger partial charge in [0.05, 0.1) is 18.5 Å². The predicted molar refractivity (Wildman–Crippen MR) is 143 cm³/mol. The van der Waals surface area contributed by atoms with Gasteiger partial charge in [0.25, 0.3) is 0 Å². The second kappa shape index (κ2) is 10.1. The molecule has 0 saturated heterocycles. The van der Waals surface area contributed by atoms with E-state index < -0.39 is 0 Å². The van der Waals surface area contributed by atoms with E-state index in [1.807, 2.05) is 82.3 Å². The Kier molecular flexibility index (Phi) is 6.97. The van der Waals surface area contributed by atoms with Crippen LogP contribution in [0.1, 0.15) is 27.9 Å². The quantitative estimate of drug-likeness (QED) is 0.393. The monoisotopic (exact) mass is 465 g/mol. The highest BCUT2D eigenvalue weighted by Gasteiger charge is 2.20. The molecule has 0 fully saturated rings. The number of anilines is 1. The molecule has 1 heterocycles. The molecule has 0 aliphatic carbocycles. The summed E-state index contributed by atoms with van der Waals surface area (Å²) < 4.78 is 0. The van der Waals surface area contributed by atoms with Crippen LogP contribution in [0.5, 0.6) is 0 Å². The molecule has 35 heavy (non-hydrogen) atoms. The molecule has 0 unspecified atom stereocenters. The third kappa shape index (κ3) is 5.24. The SMILES string of the molecule is Cc1cc(C)c(NC(=O)CN(C)C(=O)Cc2c(C)nc3ccccc3c2-c2ccccc2)c(C)c1. The van der Waals surface area contributed by atoms with Crippen molar-refractivity contribution in [2.75, 3.05) is 18.9 Å². The molecule has 0 radical (unpaired) electrons. The summed E-state index contributed by atoms with van der Waals surface area (Å²) in [5.41, 5.74) is 8.65. The molecule has 4 aromatic rings. The largest absolute Gasteiger partial charge is 0.336 e. The third-order valence-corrected chi connectivity index (χ3v) is 6.34. The number of benzene rings is 3. The number of likely N-dealkylation sites (N-methyl/N-ethyl adjacent to an activating group) is 1. The van der Waals surface area contributed by atoms with Gasteiger partial charge in [-0.25, -0.2) is 0 Å². The highest BCUT2D eigenvalue weighted by molar-refractivity contribution is 5.99. The van der Waals surface area contributed by atoms with Crippen LogP contribution in [0.25, 0.3) is 22.0 Å². The molecule has 3 aromatic carbocycles. The lowest BCUT2D eigenvalue weighted by Gasteiger charge is -2.21. The van der Waals surface area contributed by atoms with Crippen molar-refractivity contribution in [1.82, 2.24) is 9.88 Å². The minimum atomic E-state index is -0.215. The molecule has 178 valence electrons. The number of fused-ring (bicyclic) bond motifs is 1. The zero-order chi connectivity index (χ0) is 25.1. The summed E-state index contributed by atoms with van der Waals surface area (Å²) in [6, 6.07) is 22.2. The Hall–Kier alpha value is -3.99. The van der Waals surface area contributed by atoms with E-state index in [0.717, 1.165) is 55.7 Å². The number of rotatable bonds is 6. The van der Waals surface area contributed by atoms with Crippen LogP contribution in [-0.4, -0.2) is 35.3 Å². The van der Waals surface area contributed by atoms with Gasteiger partial charge in [-0.2, -0.15) is 0 Å². The molecule has 5 heteroatoms. The molecule has 0 aliphatic rings. The maximum Gasteiger partial charge on any atom is 0.243 e. The maximum absolute atomic E-state index is 13.3. The summed E-state index contributed by atoms with van der Waals surface area (Å²) in [6.45, 7) is 7.91. The average molecular weight is 466 g/mol. The number of aromatic nitrogens is 1. The Morgan fingerprint density at radius 2 is 1.51 bits per heavy atom. The summed E-state index contributed by atoms with van der Waals surface area (Å²) in [4.78, 5) is 32.3. The number of hydrogen-bond donors (Lipinski definition) is 1. The highest BCUT2D eigenvalue weighted by atomic mass is 16.2. The molecule has 0 saturated carbocycles. The fourth-order valence-electron chi connectivity index (χ4n) is 4.67. The van der Waals surface area contributed by atoms with Crippen molar-refractivity contribution in [2.24, 2.45) is 0 Å². The molecule has 2 amide bonds. The Morgan fingerprint density at radius 1 is 0.886 bits per heavy atom. The van der Waals surface area contributed by atoms with Gasteiger partial charge in [-0.3, -0.25) is 14.6 Å². The van der Waals surface area contributed by atoms with Crippen LogP contribution in [-0.2, 0) is 16.0 Å². The second-order valence-electron chi connectivity index (χ2n) is 9.18. The molecular weight excluding hydrogens is 434 g/mol. The smallest absolute Gasteiger partial charge is 0.243 e. The van der Waals surface area contributed by atoms with Crippen LogP contribution in [0.3, 0.4) is 0 Å². The maximum atomic E-state index is 13.3. The number of hydrogen-bond acceptors (Lipinski definition) is 3. The van der Waals surface area contributed by atoms with E-state index in [9.17, 15) is 9.59 Å². The zero-order valence-electron chi connectivity index (χ0n) is 21.0. The number of para-hydroxylation sites is 1. The van der Waals surface area contributed by atoms with Gasteiger partial charge in [-0.1, -0.05) is 66.2 Å². The van der Waals surface area contributed by atoms with Crippen molar-refractivity contribution >= 4 is 28.4 Å². The lowest BCUT2D eigenvalue weighted by Crippen LogP contribution is -2.36. The van der Waals surface area contributed by atoms with E-state index in [0.29, 0.717) is 0 Å². The van der Waals surface area contributed by atoms with Crippen molar-refractivity contribution in [3.63, 3.8) is 0 Å². The van der Waals surface area contributed by atoms with E-state index >= 15 is 0 Å². The first-order chi connectivity index (χ1) is 16.7. The third-order valence-electron chi connectivity index (χ3n) is 6.34. The highest BCUT2D eigenvalue weighted by Crippen LogP contribution is 2.33. The Balaban J connectivity index is 1.58. The van der Waals surface area contributed by atoms with Crippen molar-refractivity contribution < 1.29 is 9.59 Å². The molecule has 0 bridgehead atoms.